The van der Waals surface area contributed by atoms with Crippen LogP contribution < -0.4 is 0 Å². The van der Waals surface area contributed by atoms with Crippen molar-refractivity contribution in [1.82, 2.24) is 14.7 Å². The minimum atomic E-state index is -0.481. The quantitative estimate of drug-likeness (QED) is 0.373. The molecule has 0 N–H and O–H groups in total. The van der Waals surface area contributed by atoms with E-state index in [-0.39, 0.29) is 29.5 Å². The van der Waals surface area contributed by atoms with E-state index in [9.17, 15) is 9.59 Å². The minimum Gasteiger partial charge on any atom is -0.444 e. The van der Waals surface area contributed by atoms with Crippen LogP contribution in [0.1, 0.15) is 89.8 Å². The number of carbonyl (C=O) groups excluding carboxylic acids is 2. The van der Waals surface area contributed by atoms with Crippen molar-refractivity contribution in [3.8, 4) is 0 Å². The molecule has 2 atom stereocenters. The van der Waals surface area contributed by atoms with Crippen LogP contribution >= 0.6 is 11.6 Å². The maximum atomic E-state index is 13.9. The van der Waals surface area contributed by atoms with Crippen molar-refractivity contribution in [2.24, 2.45) is 5.41 Å². The van der Waals surface area contributed by atoms with E-state index >= 15 is 0 Å². The highest BCUT2D eigenvalue weighted by Gasteiger charge is 2.52. The first-order chi connectivity index (χ1) is 18.9. The number of halogens is 1. The predicted octanol–water partition coefficient (Wildman–Crippen LogP) is 6.67. The van der Waals surface area contributed by atoms with E-state index in [0.29, 0.717) is 19.0 Å². The number of carbonyl (C=O) groups is 2. The van der Waals surface area contributed by atoms with Crippen LogP contribution in [0.25, 0.3) is 0 Å². The molecule has 0 radical (unpaired) electrons. The Labute approximate surface area is 245 Å². The molecule has 0 bridgehead atoms. The summed E-state index contributed by atoms with van der Waals surface area (Å²) in [5, 5.41) is 0. The highest BCUT2D eigenvalue weighted by atomic mass is 35.5. The topological polar surface area (TPSA) is 53.1 Å². The maximum absolute atomic E-state index is 13.9. The van der Waals surface area contributed by atoms with Crippen LogP contribution in [0, 0.1) is 5.41 Å². The third-order valence-corrected chi connectivity index (χ3v) is 9.58. The first kappa shape index (κ1) is 29.2. The van der Waals surface area contributed by atoms with Crippen molar-refractivity contribution in [3.05, 3.63) is 59.7 Å². The molecule has 40 heavy (non-hydrogen) atoms. The number of nitrogens with zero attached hydrogens (tertiary/aromatic N) is 3. The highest BCUT2D eigenvalue weighted by molar-refractivity contribution is 6.25. The summed E-state index contributed by atoms with van der Waals surface area (Å²) < 4.78 is 5.60. The van der Waals surface area contributed by atoms with E-state index in [0.717, 1.165) is 51.7 Å². The van der Waals surface area contributed by atoms with Crippen molar-refractivity contribution < 1.29 is 14.3 Å². The molecule has 2 amide bonds. The van der Waals surface area contributed by atoms with E-state index in [2.05, 4.69) is 60.1 Å². The van der Waals surface area contributed by atoms with Gasteiger partial charge in [0.05, 0.1) is 17.5 Å². The first-order valence-electron chi connectivity index (χ1n) is 15.0. The molecule has 5 rings (SSSR count). The largest absolute Gasteiger partial charge is 0.444 e. The molecule has 7 heteroatoms. The summed E-state index contributed by atoms with van der Waals surface area (Å²) >= 11 is 6.99. The second-order valence-electron chi connectivity index (χ2n) is 13.8. The van der Waals surface area contributed by atoms with Crippen LogP contribution in [0.2, 0.25) is 0 Å². The fourth-order valence-electron chi connectivity index (χ4n) is 7.17. The lowest BCUT2D eigenvalue weighted by Gasteiger charge is -2.58. The second-order valence-corrected chi connectivity index (χ2v) is 14.6. The summed E-state index contributed by atoms with van der Waals surface area (Å²) in [5.41, 5.74) is 2.30. The molecular formula is C33H46ClN3O3. The minimum absolute atomic E-state index is 0.00688. The number of piperazine rings is 1. The lowest BCUT2D eigenvalue weighted by molar-refractivity contribution is -0.153. The van der Waals surface area contributed by atoms with E-state index in [1.54, 1.807) is 0 Å². The van der Waals surface area contributed by atoms with Gasteiger partial charge in [-0.2, -0.15) is 0 Å². The second kappa shape index (κ2) is 11.2. The number of rotatable bonds is 5. The third kappa shape index (κ3) is 6.28. The lowest BCUT2D eigenvalue weighted by Crippen LogP contribution is -2.63. The van der Waals surface area contributed by atoms with E-state index in [1.165, 1.54) is 11.1 Å². The smallest absolute Gasteiger partial charge is 0.410 e. The van der Waals surface area contributed by atoms with Gasteiger partial charge in [0.2, 0.25) is 5.91 Å². The number of benzene rings is 1. The molecule has 3 fully saturated rings. The molecule has 2 aliphatic heterocycles. The summed E-state index contributed by atoms with van der Waals surface area (Å²) in [6, 6.07) is 8.89. The van der Waals surface area contributed by atoms with E-state index < -0.39 is 10.5 Å². The van der Waals surface area contributed by atoms with Crippen LogP contribution in [0.5, 0.6) is 0 Å². The van der Waals surface area contributed by atoms with Crippen molar-refractivity contribution in [2.75, 3.05) is 32.7 Å². The van der Waals surface area contributed by atoms with Gasteiger partial charge in [0.25, 0.3) is 0 Å². The number of allylic oxidation sites excluding steroid dienone is 3. The fraction of sp³-hybridized carbons (Fsp3) is 0.636. The molecule has 4 aliphatic rings. The normalized spacial score (nSPS) is 27.4. The number of likely N-dealkylation sites (tertiary alicyclic amines) is 1. The Hall–Kier alpha value is -2.31. The Morgan fingerprint density at radius 2 is 1.82 bits per heavy atom. The van der Waals surface area contributed by atoms with Crippen LogP contribution in [0.4, 0.5) is 4.79 Å². The van der Waals surface area contributed by atoms with E-state index in [4.69, 9.17) is 16.3 Å². The van der Waals surface area contributed by atoms with Gasteiger partial charge >= 0.3 is 6.09 Å². The van der Waals surface area contributed by atoms with Crippen molar-refractivity contribution in [1.29, 1.82) is 0 Å². The van der Waals surface area contributed by atoms with Gasteiger partial charge in [-0.15, -0.1) is 11.6 Å². The SMILES string of the molecule is CC(C)c1ccccc1[C@@H]1CN(CC2(Cl)C=CC=CC2)CC(=O)N1C1CC2(CCN(C(=O)OC(C)(C)C)CC2)C1. The Bertz CT molecular complexity index is 1160. The number of alkyl halides is 1. The molecular weight excluding hydrogens is 522 g/mol. The molecule has 1 spiro atoms. The molecule has 2 aliphatic carbocycles. The Balaban J connectivity index is 1.31. The zero-order valence-electron chi connectivity index (χ0n) is 24.9. The maximum Gasteiger partial charge on any atom is 0.410 e. The molecule has 2 saturated heterocycles. The molecule has 2 heterocycles. The average molecular weight is 568 g/mol. The third-order valence-electron chi connectivity index (χ3n) is 9.18. The zero-order chi connectivity index (χ0) is 28.7. The molecule has 1 aromatic carbocycles. The van der Waals surface area contributed by atoms with Gasteiger partial charge in [0.15, 0.2) is 0 Å². The predicted molar refractivity (Wildman–Crippen MR) is 161 cm³/mol. The standard InChI is InChI=1S/C33H46ClN3O3/c1-24(2)26-11-7-8-12-27(26)28-21-35(23-33(34)13-9-6-10-14-33)22-29(38)37(28)25-19-32(20-25)15-17-36(18-16-32)30(39)40-31(3,4)5/h6-13,24-25,28H,14-23H2,1-5H3/t28-,33?/m0/s1. The van der Waals surface area contributed by atoms with Crippen LogP contribution in [-0.2, 0) is 9.53 Å². The molecule has 1 unspecified atom stereocenters. The van der Waals surface area contributed by atoms with Gasteiger partial charge in [0.1, 0.15) is 5.60 Å². The summed E-state index contributed by atoms with van der Waals surface area (Å²) in [6.45, 7) is 13.5. The number of hydrogen-bond acceptors (Lipinski definition) is 4. The van der Waals surface area contributed by atoms with Gasteiger partial charge in [-0.3, -0.25) is 9.69 Å². The lowest BCUT2D eigenvalue weighted by atomic mass is 9.59. The van der Waals surface area contributed by atoms with Crippen LogP contribution in [0.15, 0.2) is 48.6 Å². The Morgan fingerprint density at radius 1 is 1.12 bits per heavy atom. The summed E-state index contributed by atoms with van der Waals surface area (Å²) in [4.78, 5) is 32.4. The fourth-order valence-corrected chi connectivity index (χ4v) is 7.50. The Kier molecular flexibility index (Phi) is 8.15. The summed E-state index contributed by atoms with van der Waals surface area (Å²) in [6.07, 6.45) is 12.8. The molecule has 0 aromatic heterocycles. The molecule has 1 saturated carbocycles. The first-order valence-corrected chi connectivity index (χ1v) is 15.4. The van der Waals surface area contributed by atoms with Crippen molar-refractivity contribution in [2.45, 2.75) is 95.2 Å². The number of ether oxygens (including phenoxy) is 1. The number of amides is 2. The van der Waals surface area contributed by atoms with Crippen molar-refractivity contribution in [3.63, 3.8) is 0 Å². The average Bonchev–Trinajstić information content (AvgIpc) is 2.86. The molecule has 1 aromatic rings. The van der Waals surface area contributed by atoms with Crippen LogP contribution in [0.3, 0.4) is 0 Å². The van der Waals surface area contributed by atoms with E-state index in [1.807, 2.05) is 37.8 Å². The number of piperidine rings is 1. The van der Waals surface area contributed by atoms with Gasteiger partial charge in [0, 0.05) is 32.2 Å². The van der Waals surface area contributed by atoms with Gasteiger partial charge in [-0.05, 0) is 75.3 Å². The summed E-state index contributed by atoms with van der Waals surface area (Å²) in [5.74, 6) is 0.579. The highest BCUT2D eigenvalue weighted by Crippen LogP contribution is 2.53. The number of hydrogen-bond donors (Lipinski definition) is 0. The molecule has 6 nitrogen and oxygen atoms in total. The van der Waals surface area contributed by atoms with Gasteiger partial charge in [-0.25, -0.2) is 4.79 Å². The van der Waals surface area contributed by atoms with Crippen LogP contribution in [-0.4, -0.2) is 75.9 Å². The van der Waals surface area contributed by atoms with Crippen molar-refractivity contribution >= 4 is 23.6 Å². The summed E-state index contributed by atoms with van der Waals surface area (Å²) in [7, 11) is 0. The van der Waals surface area contributed by atoms with Gasteiger partial charge in [-0.1, -0.05) is 62.4 Å². The van der Waals surface area contributed by atoms with Gasteiger partial charge < -0.3 is 14.5 Å². The molecule has 218 valence electrons. The monoisotopic (exact) mass is 567 g/mol. The Morgan fingerprint density at radius 3 is 2.45 bits per heavy atom. The zero-order valence-corrected chi connectivity index (χ0v) is 25.6.